The van der Waals surface area contributed by atoms with Crippen molar-refractivity contribution in [3.63, 3.8) is 0 Å². The number of nitrogens with zero attached hydrogens (tertiary/aromatic N) is 2. The summed E-state index contributed by atoms with van der Waals surface area (Å²) in [6.07, 6.45) is 0.476. The van der Waals surface area contributed by atoms with E-state index in [2.05, 4.69) is 0 Å². The van der Waals surface area contributed by atoms with E-state index in [9.17, 15) is 9.59 Å². The van der Waals surface area contributed by atoms with Crippen molar-refractivity contribution in [3.05, 3.63) is 29.3 Å². The number of para-hydroxylation sites is 1. The number of hydrogen-bond donors (Lipinski definition) is 0. The van der Waals surface area contributed by atoms with Crippen LogP contribution >= 0.6 is 11.6 Å². The summed E-state index contributed by atoms with van der Waals surface area (Å²) in [5.41, 5.74) is 0.715. The summed E-state index contributed by atoms with van der Waals surface area (Å²) in [6, 6.07) is 6.85. The van der Waals surface area contributed by atoms with Crippen LogP contribution in [0.3, 0.4) is 0 Å². The quantitative estimate of drug-likeness (QED) is 0.861. The Hall–Kier alpha value is -1.55. The summed E-state index contributed by atoms with van der Waals surface area (Å²) in [5.74, 6) is 0.262. The van der Waals surface area contributed by atoms with Crippen LogP contribution in [-0.2, 0) is 9.59 Å². The van der Waals surface area contributed by atoms with Crippen LogP contribution in [0.4, 0.5) is 5.69 Å². The Kier molecular flexibility index (Phi) is 4.88. The van der Waals surface area contributed by atoms with Gasteiger partial charge in [-0.1, -0.05) is 37.6 Å². The number of piperazine rings is 1. The molecule has 2 amide bonds. The van der Waals surface area contributed by atoms with Gasteiger partial charge in [0.2, 0.25) is 11.8 Å². The Morgan fingerprint density at radius 2 is 2.00 bits per heavy atom. The van der Waals surface area contributed by atoms with Crippen LogP contribution in [0.25, 0.3) is 0 Å². The molecular weight excluding hydrogens is 288 g/mol. The van der Waals surface area contributed by atoms with Crippen molar-refractivity contribution < 1.29 is 9.59 Å². The van der Waals surface area contributed by atoms with Crippen molar-refractivity contribution in [2.75, 3.05) is 18.0 Å². The first-order valence-electron chi connectivity index (χ1n) is 7.27. The number of anilines is 1. The van der Waals surface area contributed by atoms with Crippen molar-refractivity contribution in [3.8, 4) is 0 Å². The summed E-state index contributed by atoms with van der Waals surface area (Å²) < 4.78 is 0. The zero-order valence-corrected chi connectivity index (χ0v) is 13.4. The average Bonchev–Trinajstić information content (AvgIpc) is 2.42. The maximum absolute atomic E-state index is 12.6. The number of hydrogen-bond acceptors (Lipinski definition) is 2. The van der Waals surface area contributed by atoms with E-state index < -0.39 is 6.04 Å². The summed E-state index contributed by atoms with van der Waals surface area (Å²) in [7, 11) is 0. The molecule has 0 saturated carbocycles. The lowest BCUT2D eigenvalue weighted by molar-refractivity contribution is -0.141. The van der Waals surface area contributed by atoms with Gasteiger partial charge in [-0.25, -0.2) is 0 Å². The molecule has 1 fully saturated rings. The van der Waals surface area contributed by atoms with Crippen molar-refractivity contribution in [1.29, 1.82) is 0 Å². The molecule has 1 aromatic rings. The molecule has 0 aliphatic carbocycles. The lowest BCUT2D eigenvalue weighted by Crippen LogP contribution is -2.58. The van der Waals surface area contributed by atoms with Crippen LogP contribution in [0, 0.1) is 5.92 Å². The summed E-state index contributed by atoms with van der Waals surface area (Å²) >= 11 is 6.16. The van der Waals surface area contributed by atoms with Gasteiger partial charge in [-0.2, -0.15) is 0 Å². The smallest absolute Gasteiger partial charge is 0.249 e. The number of halogens is 1. The van der Waals surface area contributed by atoms with E-state index in [1.54, 1.807) is 22.8 Å². The molecule has 0 unspecified atom stereocenters. The molecule has 0 radical (unpaired) electrons. The molecule has 1 aromatic carbocycles. The van der Waals surface area contributed by atoms with Crippen LogP contribution in [0.1, 0.15) is 27.2 Å². The topological polar surface area (TPSA) is 40.6 Å². The summed E-state index contributed by atoms with van der Waals surface area (Å²) in [5, 5.41) is 0.556. The first-order valence-corrected chi connectivity index (χ1v) is 7.65. The maximum atomic E-state index is 12.6. The van der Waals surface area contributed by atoms with Crippen molar-refractivity contribution in [2.45, 2.75) is 33.2 Å². The van der Waals surface area contributed by atoms with E-state index in [4.69, 9.17) is 11.6 Å². The monoisotopic (exact) mass is 308 g/mol. The lowest BCUT2D eigenvalue weighted by atomic mass is 10.1. The Bertz CT molecular complexity index is 545. The van der Waals surface area contributed by atoms with Gasteiger partial charge in [0.25, 0.3) is 0 Å². The molecule has 5 heteroatoms. The molecule has 1 aliphatic heterocycles. The molecule has 0 aromatic heterocycles. The van der Waals surface area contributed by atoms with E-state index in [0.717, 1.165) is 0 Å². The molecule has 2 rings (SSSR count). The fourth-order valence-corrected chi connectivity index (χ4v) is 2.83. The largest absolute Gasteiger partial charge is 0.329 e. The normalized spacial score (nSPS) is 19.3. The fourth-order valence-electron chi connectivity index (χ4n) is 2.59. The number of carbonyl (C=O) groups is 2. The molecule has 0 spiro atoms. The molecule has 1 aliphatic rings. The first kappa shape index (κ1) is 15.8. The third kappa shape index (κ3) is 3.38. The zero-order chi connectivity index (χ0) is 15.6. The van der Waals surface area contributed by atoms with Gasteiger partial charge in [-0.05, 0) is 25.0 Å². The second-order valence-corrected chi connectivity index (χ2v) is 6.21. The maximum Gasteiger partial charge on any atom is 0.249 e. The SMILES string of the molecule is CC(C)CC(=O)N1CCN(c2ccccc2Cl)C(=O)[C@@H]1C. The summed E-state index contributed by atoms with van der Waals surface area (Å²) in [4.78, 5) is 28.1. The van der Waals surface area contributed by atoms with Crippen LogP contribution in [0.5, 0.6) is 0 Å². The number of carbonyl (C=O) groups excluding carboxylic acids is 2. The highest BCUT2D eigenvalue weighted by molar-refractivity contribution is 6.33. The summed E-state index contributed by atoms with van der Waals surface area (Å²) in [6.45, 7) is 6.82. The second kappa shape index (κ2) is 6.48. The second-order valence-electron chi connectivity index (χ2n) is 5.80. The van der Waals surface area contributed by atoms with Crippen molar-refractivity contribution in [1.82, 2.24) is 4.90 Å². The van der Waals surface area contributed by atoms with Crippen LogP contribution in [-0.4, -0.2) is 35.8 Å². The Balaban J connectivity index is 2.15. The van der Waals surface area contributed by atoms with E-state index in [1.807, 2.05) is 32.0 Å². The van der Waals surface area contributed by atoms with Crippen LogP contribution < -0.4 is 4.90 Å². The molecule has 21 heavy (non-hydrogen) atoms. The standard InChI is InChI=1S/C16H21ClN2O2/c1-11(2)10-15(20)18-8-9-19(16(21)12(18)3)14-7-5-4-6-13(14)17/h4-7,11-12H,8-10H2,1-3H3/t12-/m0/s1. The lowest BCUT2D eigenvalue weighted by Gasteiger charge is -2.39. The molecule has 0 bridgehead atoms. The van der Waals surface area contributed by atoms with Gasteiger partial charge in [0.15, 0.2) is 0 Å². The highest BCUT2D eigenvalue weighted by atomic mass is 35.5. The predicted octanol–water partition coefficient (Wildman–Crippen LogP) is 2.95. The van der Waals surface area contributed by atoms with Crippen LogP contribution in [0.2, 0.25) is 5.02 Å². The van der Waals surface area contributed by atoms with Gasteiger partial charge in [0, 0.05) is 19.5 Å². The third-order valence-electron chi connectivity index (χ3n) is 3.70. The van der Waals surface area contributed by atoms with Gasteiger partial charge >= 0.3 is 0 Å². The van der Waals surface area contributed by atoms with Gasteiger partial charge < -0.3 is 9.80 Å². The van der Waals surface area contributed by atoms with E-state index in [1.165, 1.54) is 0 Å². The molecule has 114 valence electrons. The molecule has 4 nitrogen and oxygen atoms in total. The van der Waals surface area contributed by atoms with Crippen LogP contribution in [0.15, 0.2) is 24.3 Å². The van der Waals surface area contributed by atoms with E-state index >= 15 is 0 Å². The molecular formula is C16H21ClN2O2. The molecule has 1 heterocycles. The van der Waals surface area contributed by atoms with Crippen molar-refractivity contribution in [2.24, 2.45) is 5.92 Å². The van der Waals surface area contributed by atoms with Gasteiger partial charge in [0.1, 0.15) is 6.04 Å². The minimum Gasteiger partial charge on any atom is -0.329 e. The predicted molar refractivity (Wildman–Crippen MR) is 84.4 cm³/mol. The number of benzene rings is 1. The number of amides is 2. The van der Waals surface area contributed by atoms with Gasteiger partial charge in [-0.3, -0.25) is 9.59 Å². The van der Waals surface area contributed by atoms with E-state index in [-0.39, 0.29) is 11.8 Å². The first-order chi connectivity index (χ1) is 9.91. The van der Waals surface area contributed by atoms with Crippen molar-refractivity contribution >= 4 is 29.1 Å². The Morgan fingerprint density at radius 3 is 2.62 bits per heavy atom. The average molecular weight is 309 g/mol. The minimum atomic E-state index is -0.443. The molecule has 1 atom stereocenters. The number of rotatable bonds is 3. The minimum absolute atomic E-state index is 0.0460. The Labute approximate surface area is 130 Å². The van der Waals surface area contributed by atoms with Gasteiger partial charge in [0.05, 0.1) is 10.7 Å². The zero-order valence-electron chi connectivity index (χ0n) is 12.7. The highest BCUT2D eigenvalue weighted by Gasteiger charge is 2.35. The Morgan fingerprint density at radius 1 is 1.33 bits per heavy atom. The highest BCUT2D eigenvalue weighted by Crippen LogP contribution is 2.28. The fraction of sp³-hybridized carbons (Fsp3) is 0.500. The van der Waals surface area contributed by atoms with E-state index in [0.29, 0.717) is 36.1 Å². The molecule has 0 N–H and O–H groups in total. The molecule has 1 saturated heterocycles. The third-order valence-corrected chi connectivity index (χ3v) is 4.02. The van der Waals surface area contributed by atoms with Gasteiger partial charge in [-0.15, -0.1) is 0 Å².